The van der Waals surface area contributed by atoms with Gasteiger partial charge in [-0.1, -0.05) is 12.1 Å². The monoisotopic (exact) mass is 340 g/mol. The molecular formula is C13H16ClF3N2OS. The summed E-state index contributed by atoms with van der Waals surface area (Å²) < 4.78 is 36.3. The Hall–Kier alpha value is -0.920. The second kappa shape index (κ2) is 7.91. The molecule has 0 saturated carbocycles. The van der Waals surface area contributed by atoms with Crippen LogP contribution in [-0.4, -0.2) is 29.8 Å². The first-order valence-corrected chi connectivity index (χ1v) is 7.37. The van der Waals surface area contributed by atoms with Crippen molar-refractivity contribution in [3.63, 3.8) is 0 Å². The number of rotatable bonds is 4. The molecule has 1 aromatic rings. The molecule has 0 aliphatic carbocycles. The highest BCUT2D eigenvalue weighted by atomic mass is 35.5. The van der Waals surface area contributed by atoms with Crippen molar-refractivity contribution in [3.8, 4) is 0 Å². The van der Waals surface area contributed by atoms with E-state index < -0.39 is 12.6 Å². The van der Waals surface area contributed by atoms with E-state index in [1.54, 1.807) is 36.0 Å². The maximum atomic E-state index is 12.1. The maximum Gasteiger partial charge on any atom is 0.389 e. The van der Waals surface area contributed by atoms with Gasteiger partial charge in [-0.25, -0.2) is 0 Å². The van der Waals surface area contributed by atoms with E-state index in [1.807, 2.05) is 0 Å². The summed E-state index contributed by atoms with van der Waals surface area (Å²) in [6, 6.07) is 6.28. The normalized spacial score (nSPS) is 18.1. The lowest BCUT2D eigenvalue weighted by Gasteiger charge is -2.11. The molecule has 1 unspecified atom stereocenters. The third kappa shape index (κ3) is 6.15. The minimum absolute atomic E-state index is 0. The highest BCUT2D eigenvalue weighted by Gasteiger charge is 2.26. The van der Waals surface area contributed by atoms with Crippen molar-refractivity contribution < 1.29 is 18.0 Å². The van der Waals surface area contributed by atoms with Gasteiger partial charge in [-0.3, -0.25) is 10.1 Å². The van der Waals surface area contributed by atoms with Gasteiger partial charge in [0.05, 0.1) is 6.04 Å². The minimum Gasteiger partial charge on any atom is -0.325 e. The van der Waals surface area contributed by atoms with E-state index in [1.165, 1.54) is 0 Å². The highest BCUT2D eigenvalue weighted by molar-refractivity contribution is 7.99. The predicted molar refractivity (Wildman–Crippen MR) is 80.9 cm³/mol. The molecule has 1 aliphatic rings. The molecule has 3 nitrogen and oxygen atoms in total. The summed E-state index contributed by atoms with van der Waals surface area (Å²) in [6.07, 6.45) is -5.01. The van der Waals surface area contributed by atoms with Gasteiger partial charge in [-0.15, -0.1) is 24.2 Å². The van der Waals surface area contributed by atoms with Gasteiger partial charge in [-0.2, -0.15) is 13.2 Å². The molecule has 1 atom stereocenters. The number of thioether (sulfide) groups is 1. The fraction of sp³-hybridized carbons (Fsp3) is 0.462. The molecule has 1 heterocycles. The third-order valence-corrected chi connectivity index (χ3v) is 3.89. The van der Waals surface area contributed by atoms with Crippen molar-refractivity contribution in [1.82, 2.24) is 5.32 Å². The molecule has 2 N–H and O–H groups in total. The van der Waals surface area contributed by atoms with Gasteiger partial charge < -0.3 is 5.32 Å². The van der Waals surface area contributed by atoms with E-state index in [4.69, 9.17) is 0 Å². The number of amides is 1. The molecule has 0 aromatic heterocycles. The van der Waals surface area contributed by atoms with Crippen molar-refractivity contribution in [2.45, 2.75) is 25.1 Å². The number of halogens is 4. The standard InChI is InChI=1S/C13H15F3N2OS.ClH/c14-13(15,16)6-5-9-1-3-10(4-2-9)18-12(19)11-7-20-8-17-11;/h1-4,11,17H,5-8H2,(H,18,19);1H. The summed E-state index contributed by atoms with van der Waals surface area (Å²) in [6.45, 7) is 0. The number of carbonyl (C=O) groups is 1. The van der Waals surface area contributed by atoms with Crippen LogP contribution in [-0.2, 0) is 11.2 Å². The number of carbonyl (C=O) groups excluding carboxylic acids is 1. The minimum atomic E-state index is -4.14. The van der Waals surface area contributed by atoms with Crippen molar-refractivity contribution in [1.29, 1.82) is 0 Å². The molecule has 2 rings (SSSR count). The molecule has 21 heavy (non-hydrogen) atoms. The molecule has 1 saturated heterocycles. The predicted octanol–water partition coefficient (Wildman–Crippen LogP) is 3.20. The van der Waals surface area contributed by atoms with E-state index in [0.29, 0.717) is 11.3 Å². The fourth-order valence-electron chi connectivity index (χ4n) is 1.83. The summed E-state index contributed by atoms with van der Waals surface area (Å²) in [5, 5.41) is 5.80. The van der Waals surface area contributed by atoms with Gasteiger partial charge in [0.25, 0.3) is 0 Å². The Kier molecular flexibility index (Phi) is 6.83. The second-order valence-electron chi connectivity index (χ2n) is 4.57. The zero-order valence-corrected chi connectivity index (χ0v) is 12.7. The Bertz CT molecular complexity index is 461. The van der Waals surface area contributed by atoms with Crippen molar-refractivity contribution in [2.75, 3.05) is 16.9 Å². The zero-order chi connectivity index (χ0) is 14.6. The maximum absolute atomic E-state index is 12.1. The van der Waals surface area contributed by atoms with Crippen LogP contribution in [0.2, 0.25) is 0 Å². The van der Waals surface area contributed by atoms with Crippen LogP contribution in [0.15, 0.2) is 24.3 Å². The van der Waals surface area contributed by atoms with Gasteiger partial charge in [0.2, 0.25) is 5.91 Å². The van der Waals surface area contributed by atoms with Gasteiger partial charge in [0, 0.05) is 23.7 Å². The number of hydrogen-bond donors (Lipinski definition) is 2. The van der Waals surface area contributed by atoms with E-state index in [9.17, 15) is 18.0 Å². The smallest absolute Gasteiger partial charge is 0.325 e. The molecule has 118 valence electrons. The van der Waals surface area contributed by atoms with Gasteiger partial charge >= 0.3 is 6.18 Å². The number of benzene rings is 1. The average Bonchev–Trinajstić information content (AvgIpc) is 2.91. The average molecular weight is 341 g/mol. The summed E-state index contributed by atoms with van der Waals surface area (Å²) >= 11 is 1.65. The van der Waals surface area contributed by atoms with Crippen LogP contribution in [0.1, 0.15) is 12.0 Å². The lowest BCUT2D eigenvalue weighted by molar-refractivity contribution is -0.134. The van der Waals surface area contributed by atoms with Crippen LogP contribution < -0.4 is 10.6 Å². The quantitative estimate of drug-likeness (QED) is 0.884. The first kappa shape index (κ1) is 18.1. The Balaban J connectivity index is 0.00000220. The van der Waals surface area contributed by atoms with Gasteiger partial charge in [0.15, 0.2) is 0 Å². The summed E-state index contributed by atoms with van der Waals surface area (Å²) in [5.74, 6) is 1.38. The SMILES string of the molecule is Cl.O=C(Nc1ccc(CCC(F)(F)F)cc1)C1CSCN1. The van der Waals surface area contributed by atoms with E-state index in [-0.39, 0.29) is 30.8 Å². The van der Waals surface area contributed by atoms with Crippen molar-refractivity contribution in [3.05, 3.63) is 29.8 Å². The van der Waals surface area contributed by atoms with Gasteiger partial charge in [0.1, 0.15) is 0 Å². The Morgan fingerprint density at radius 2 is 2.00 bits per heavy atom. The number of hydrogen-bond acceptors (Lipinski definition) is 3. The molecule has 0 spiro atoms. The van der Waals surface area contributed by atoms with Gasteiger partial charge in [-0.05, 0) is 24.1 Å². The Morgan fingerprint density at radius 1 is 1.33 bits per heavy atom. The van der Waals surface area contributed by atoms with Crippen molar-refractivity contribution >= 4 is 35.8 Å². The van der Waals surface area contributed by atoms with Crippen LogP contribution >= 0.6 is 24.2 Å². The molecule has 0 radical (unpaired) electrons. The fourth-order valence-corrected chi connectivity index (χ4v) is 2.78. The first-order valence-electron chi connectivity index (χ1n) is 6.22. The number of aryl methyl sites for hydroxylation is 1. The zero-order valence-electron chi connectivity index (χ0n) is 11.1. The molecule has 1 aliphatic heterocycles. The van der Waals surface area contributed by atoms with Crippen LogP contribution in [0.4, 0.5) is 18.9 Å². The molecule has 0 bridgehead atoms. The summed E-state index contributed by atoms with van der Waals surface area (Å²) in [5.41, 5.74) is 1.21. The van der Waals surface area contributed by atoms with Crippen molar-refractivity contribution in [2.24, 2.45) is 0 Å². The third-order valence-electron chi connectivity index (χ3n) is 2.95. The molecular weight excluding hydrogens is 325 g/mol. The molecule has 1 aromatic carbocycles. The topological polar surface area (TPSA) is 41.1 Å². The molecule has 1 fully saturated rings. The highest BCUT2D eigenvalue weighted by Crippen LogP contribution is 2.22. The summed E-state index contributed by atoms with van der Waals surface area (Å²) in [7, 11) is 0. The van der Waals surface area contributed by atoms with Crippen LogP contribution in [0.5, 0.6) is 0 Å². The number of nitrogens with one attached hydrogen (secondary N) is 2. The van der Waals surface area contributed by atoms with E-state index >= 15 is 0 Å². The Morgan fingerprint density at radius 3 is 2.52 bits per heavy atom. The van der Waals surface area contributed by atoms with E-state index in [2.05, 4.69) is 10.6 Å². The number of anilines is 1. The largest absolute Gasteiger partial charge is 0.389 e. The Labute approximate surface area is 131 Å². The second-order valence-corrected chi connectivity index (χ2v) is 5.60. The van der Waals surface area contributed by atoms with E-state index in [0.717, 1.165) is 11.6 Å². The lowest BCUT2D eigenvalue weighted by Crippen LogP contribution is -2.37. The first-order chi connectivity index (χ1) is 9.44. The van der Waals surface area contributed by atoms with Crippen LogP contribution in [0.25, 0.3) is 0 Å². The summed E-state index contributed by atoms with van der Waals surface area (Å²) in [4.78, 5) is 11.8. The molecule has 8 heteroatoms. The van der Waals surface area contributed by atoms with Crippen LogP contribution in [0, 0.1) is 0 Å². The number of alkyl halides is 3. The molecule has 1 amide bonds. The lowest BCUT2D eigenvalue weighted by atomic mass is 10.1. The van der Waals surface area contributed by atoms with Crippen LogP contribution in [0.3, 0.4) is 0 Å².